The lowest BCUT2D eigenvalue weighted by Gasteiger charge is -2.26. The van der Waals surface area contributed by atoms with Gasteiger partial charge in [0.25, 0.3) is 0 Å². The van der Waals surface area contributed by atoms with Gasteiger partial charge in [-0.2, -0.15) is 0 Å². The van der Waals surface area contributed by atoms with Gasteiger partial charge in [-0.3, -0.25) is 0 Å². The highest BCUT2D eigenvalue weighted by Crippen LogP contribution is 2.42. The van der Waals surface area contributed by atoms with Gasteiger partial charge >= 0.3 is 0 Å². The first-order valence-corrected chi connectivity index (χ1v) is 18.5. The Balaban J connectivity index is 1.01. The van der Waals surface area contributed by atoms with E-state index in [4.69, 9.17) is 13.8 Å². The lowest BCUT2D eigenvalue weighted by Crippen LogP contribution is -2.09. The lowest BCUT2D eigenvalue weighted by molar-refractivity contribution is 0.623. The summed E-state index contributed by atoms with van der Waals surface area (Å²) in [7, 11) is 0. The zero-order chi connectivity index (χ0) is 36.3. The topological polar surface area (TPSA) is 42.4 Å². The van der Waals surface area contributed by atoms with Crippen LogP contribution < -0.4 is 4.90 Å². The van der Waals surface area contributed by atoms with E-state index >= 15 is 0 Å². The highest BCUT2D eigenvalue weighted by Gasteiger charge is 2.19. The number of anilines is 3. The molecule has 0 N–H and O–H groups in total. The molecule has 0 saturated carbocycles. The normalized spacial score (nSPS) is 11.6. The summed E-state index contributed by atoms with van der Waals surface area (Å²) in [4.78, 5) is 7.32. The minimum atomic E-state index is 0.631. The van der Waals surface area contributed by atoms with Crippen molar-refractivity contribution in [3.63, 3.8) is 0 Å². The van der Waals surface area contributed by atoms with Gasteiger partial charge in [-0.05, 0) is 93.7 Å². The van der Waals surface area contributed by atoms with Crippen LogP contribution in [0.2, 0.25) is 0 Å². The number of fused-ring (bicyclic) bond motifs is 9. The Morgan fingerprint density at radius 3 is 1.58 bits per heavy atom. The van der Waals surface area contributed by atoms with Gasteiger partial charge in [0.1, 0.15) is 16.7 Å². The molecular formula is C51H32N2O2. The van der Waals surface area contributed by atoms with Gasteiger partial charge in [0.2, 0.25) is 5.89 Å². The fraction of sp³-hybridized carbons (Fsp3) is 0. The minimum absolute atomic E-state index is 0.631. The number of hydrogen-bond donors (Lipinski definition) is 0. The Labute approximate surface area is 317 Å². The summed E-state index contributed by atoms with van der Waals surface area (Å²) in [6.45, 7) is 0. The molecule has 0 saturated heterocycles. The summed E-state index contributed by atoms with van der Waals surface area (Å²) < 4.78 is 12.8. The molecule has 4 nitrogen and oxygen atoms in total. The third-order valence-electron chi connectivity index (χ3n) is 10.7. The highest BCUT2D eigenvalue weighted by molar-refractivity contribution is 6.23. The van der Waals surface area contributed by atoms with Gasteiger partial charge in [-0.1, -0.05) is 127 Å². The maximum Gasteiger partial charge on any atom is 0.227 e. The summed E-state index contributed by atoms with van der Waals surface area (Å²) in [5.41, 5.74) is 12.2. The zero-order valence-corrected chi connectivity index (χ0v) is 29.7. The summed E-state index contributed by atoms with van der Waals surface area (Å²) in [5.74, 6) is 0.631. The van der Waals surface area contributed by atoms with E-state index in [1.165, 1.54) is 11.1 Å². The molecule has 0 unspecified atom stereocenters. The largest absolute Gasteiger partial charge is 0.456 e. The van der Waals surface area contributed by atoms with Crippen LogP contribution in [-0.2, 0) is 0 Å². The first-order chi connectivity index (χ1) is 27.2. The third kappa shape index (κ3) is 5.26. The fourth-order valence-corrected chi connectivity index (χ4v) is 8.00. The number of para-hydroxylation sites is 1. The van der Waals surface area contributed by atoms with E-state index in [1.54, 1.807) is 0 Å². The molecule has 0 aliphatic rings. The molecular weight excluding hydrogens is 673 g/mol. The van der Waals surface area contributed by atoms with E-state index in [0.717, 1.165) is 88.3 Å². The summed E-state index contributed by atoms with van der Waals surface area (Å²) in [6.07, 6.45) is 0. The number of nitrogens with zero attached hydrogens (tertiary/aromatic N) is 2. The molecule has 0 spiro atoms. The predicted octanol–water partition coefficient (Wildman–Crippen LogP) is 14.5. The molecule has 258 valence electrons. The van der Waals surface area contributed by atoms with Crippen LogP contribution in [0, 0.1) is 0 Å². The molecule has 2 heterocycles. The molecule has 0 aliphatic carbocycles. The minimum Gasteiger partial charge on any atom is -0.456 e. The Morgan fingerprint density at radius 1 is 0.327 bits per heavy atom. The summed E-state index contributed by atoms with van der Waals surface area (Å²) >= 11 is 0. The smallest absolute Gasteiger partial charge is 0.227 e. The Morgan fingerprint density at radius 2 is 0.855 bits per heavy atom. The van der Waals surface area contributed by atoms with E-state index < -0.39 is 0 Å². The Bertz CT molecular complexity index is 3180. The molecule has 2 aromatic heterocycles. The molecule has 0 fully saturated rings. The molecule has 0 bridgehead atoms. The average Bonchev–Trinajstić information content (AvgIpc) is 3.88. The Kier molecular flexibility index (Phi) is 7.14. The van der Waals surface area contributed by atoms with E-state index in [1.807, 2.05) is 42.5 Å². The highest BCUT2D eigenvalue weighted by atomic mass is 16.3. The number of oxazole rings is 1. The van der Waals surface area contributed by atoms with Crippen molar-refractivity contribution in [2.24, 2.45) is 0 Å². The number of benzene rings is 9. The SMILES string of the molecule is c1ccc(-c2ccc(N(c3ccc(-c4ccc5c(c4)c4ccccc4c4oc(-c6ccccc6)nc54)cc3)c3ccc4c(c3)oc3ccccc34)cc2)cc1. The quantitative estimate of drug-likeness (QED) is 0.162. The molecule has 0 radical (unpaired) electrons. The maximum absolute atomic E-state index is 6.45. The molecule has 9 aromatic carbocycles. The second kappa shape index (κ2) is 12.6. The monoisotopic (exact) mass is 704 g/mol. The van der Waals surface area contributed by atoms with Crippen molar-refractivity contribution in [3.8, 4) is 33.7 Å². The van der Waals surface area contributed by atoms with Crippen molar-refractivity contribution < 1.29 is 8.83 Å². The first kappa shape index (κ1) is 31.1. The van der Waals surface area contributed by atoms with Crippen LogP contribution in [0.1, 0.15) is 0 Å². The van der Waals surface area contributed by atoms with Crippen molar-refractivity contribution in [2.75, 3.05) is 4.90 Å². The molecule has 0 aliphatic heterocycles. The van der Waals surface area contributed by atoms with E-state index in [2.05, 4.69) is 157 Å². The molecule has 4 heteroatoms. The molecule has 55 heavy (non-hydrogen) atoms. The van der Waals surface area contributed by atoms with Crippen LogP contribution in [0.5, 0.6) is 0 Å². The van der Waals surface area contributed by atoms with Gasteiger partial charge in [-0.25, -0.2) is 4.98 Å². The summed E-state index contributed by atoms with van der Waals surface area (Å²) in [6, 6.07) is 68.1. The van der Waals surface area contributed by atoms with Crippen LogP contribution in [0.25, 0.3) is 88.3 Å². The van der Waals surface area contributed by atoms with Crippen LogP contribution in [0.15, 0.2) is 203 Å². The van der Waals surface area contributed by atoms with Crippen molar-refractivity contribution in [1.82, 2.24) is 4.98 Å². The predicted molar refractivity (Wildman–Crippen MR) is 227 cm³/mol. The van der Waals surface area contributed by atoms with Crippen LogP contribution >= 0.6 is 0 Å². The average molecular weight is 705 g/mol. The van der Waals surface area contributed by atoms with Crippen molar-refractivity contribution in [3.05, 3.63) is 194 Å². The molecule has 0 amide bonds. The van der Waals surface area contributed by atoms with E-state index in [9.17, 15) is 0 Å². The van der Waals surface area contributed by atoms with Gasteiger partial charge in [-0.15, -0.1) is 0 Å². The van der Waals surface area contributed by atoms with Gasteiger partial charge in [0.05, 0.1) is 0 Å². The van der Waals surface area contributed by atoms with E-state index in [0.29, 0.717) is 5.89 Å². The number of aromatic nitrogens is 1. The zero-order valence-electron chi connectivity index (χ0n) is 29.7. The fourth-order valence-electron chi connectivity index (χ4n) is 8.00. The van der Waals surface area contributed by atoms with Gasteiger partial charge < -0.3 is 13.7 Å². The van der Waals surface area contributed by atoms with Crippen LogP contribution in [0.4, 0.5) is 17.1 Å². The molecule has 11 rings (SSSR count). The molecule has 0 atom stereocenters. The van der Waals surface area contributed by atoms with Crippen molar-refractivity contribution in [1.29, 1.82) is 0 Å². The Hall–Kier alpha value is -7.43. The van der Waals surface area contributed by atoms with E-state index in [-0.39, 0.29) is 0 Å². The standard InChI is InChI=1S/C51H32N2O2/c1-3-11-33(12-4-1)34-19-24-38(25-20-34)53(40-28-30-43-42-16-9-10-18-47(42)54-48(43)32-40)39-26-21-35(22-27-39)37-23-29-44-46(31-37)41-15-7-8-17-45(41)50-49(44)52-51(55-50)36-13-5-2-6-14-36/h1-32H. The van der Waals surface area contributed by atoms with Gasteiger partial charge in [0, 0.05) is 50.2 Å². The number of rotatable bonds is 6. The van der Waals surface area contributed by atoms with Crippen molar-refractivity contribution in [2.45, 2.75) is 0 Å². The number of furan rings is 1. The summed E-state index contributed by atoms with van der Waals surface area (Å²) in [5, 5.41) is 6.66. The lowest BCUT2D eigenvalue weighted by atomic mass is 9.96. The van der Waals surface area contributed by atoms with Crippen LogP contribution in [0.3, 0.4) is 0 Å². The van der Waals surface area contributed by atoms with Crippen molar-refractivity contribution >= 4 is 71.6 Å². The number of hydrogen-bond acceptors (Lipinski definition) is 4. The molecule has 11 aromatic rings. The van der Waals surface area contributed by atoms with Gasteiger partial charge in [0.15, 0.2) is 5.58 Å². The maximum atomic E-state index is 6.45. The first-order valence-electron chi connectivity index (χ1n) is 18.5. The second-order valence-corrected chi connectivity index (χ2v) is 13.9. The van der Waals surface area contributed by atoms with Crippen LogP contribution in [-0.4, -0.2) is 4.98 Å². The second-order valence-electron chi connectivity index (χ2n) is 13.9. The third-order valence-corrected chi connectivity index (χ3v) is 10.7.